The van der Waals surface area contributed by atoms with E-state index in [1.54, 1.807) is 12.3 Å². The van der Waals surface area contributed by atoms with Gasteiger partial charge in [-0.3, -0.25) is 14.8 Å². The van der Waals surface area contributed by atoms with Crippen molar-refractivity contribution >= 4 is 26.6 Å². The number of aromatic nitrogens is 3. The van der Waals surface area contributed by atoms with Gasteiger partial charge < -0.3 is 10.1 Å². The van der Waals surface area contributed by atoms with Gasteiger partial charge in [0.2, 0.25) is 15.3 Å². The van der Waals surface area contributed by atoms with Crippen molar-refractivity contribution in [1.29, 1.82) is 0 Å². The average Bonchev–Trinajstić information content (AvgIpc) is 3.81. The van der Waals surface area contributed by atoms with Crippen LogP contribution in [0.25, 0.3) is 22.3 Å². The molecule has 0 radical (unpaired) electrons. The van der Waals surface area contributed by atoms with Gasteiger partial charge >= 0.3 is 0 Å². The number of nitrogens with zero attached hydrogens (tertiary/aromatic N) is 3. The minimum Gasteiger partial charge on any atom is -0.489 e. The lowest BCUT2D eigenvalue weighted by atomic mass is 9.98. The first-order chi connectivity index (χ1) is 19.6. The molecular weight excluding hydrogens is 550 g/mol. The van der Waals surface area contributed by atoms with E-state index in [9.17, 15) is 22.0 Å². The number of rotatable bonds is 6. The van der Waals surface area contributed by atoms with Crippen LogP contribution in [0, 0.1) is 5.82 Å². The molecule has 4 heterocycles. The third-order valence-corrected chi connectivity index (χ3v) is 9.20. The summed E-state index contributed by atoms with van der Waals surface area (Å²) in [4.78, 5) is 26.3. The SMILES string of the molecule is CC(C)c1ccc(-c2ccc3cnc(CNC(=O)c4cc(F)c5c(c4)S(=O)(=O)[C@@H](F)CCO5)cc3n2)nc1C1CC1. The molecule has 2 aliphatic rings. The van der Waals surface area contributed by atoms with Crippen LogP contribution in [0.1, 0.15) is 72.3 Å². The van der Waals surface area contributed by atoms with Gasteiger partial charge in [0, 0.05) is 35.2 Å². The second kappa shape index (κ2) is 10.4. The van der Waals surface area contributed by atoms with Crippen molar-refractivity contribution in [3.05, 3.63) is 77.0 Å². The van der Waals surface area contributed by atoms with E-state index >= 15 is 0 Å². The Bertz CT molecular complexity index is 1790. The number of carbonyl (C=O) groups is 1. The predicted molar refractivity (Wildman–Crippen MR) is 149 cm³/mol. The number of carbonyl (C=O) groups excluding carboxylic acids is 1. The molecular formula is C30H28F2N4O4S. The fourth-order valence-corrected chi connectivity index (χ4v) is 6.36. The summed E-state index contributed by atoms with van der Waals surface area (Å²) in [5.74, 6) is -1.47. The predicted octanol–water partition coefficient (Wildman–Crippen LogP) is 5.61. The van der Waals surface area contributed by atoms with Crippen LogP contribution in [-0.4, -0.2) is 41.4 Å². The van der Waals surface area contributed by atoms with Gasteiger partial charge in [-0.05, 0) is 60.7 Å². The lowest BCUT2D eigenvalue weighted by Crippen LogP contribution is -2.24. The molecule has 0 spiro atoms. The molecule has 1 aliphatic carbocycles. The van der Waals surface area contributed by atoms with E-state index in [0.29, 0.717) is 23.0 Å². The van der Waals surface area contributed by atoms with Crippen molar-refractivity contribution in [2.75, 3.05) is 6.61 Å². The molecule has 0 bridgehead atoms. The molecule has 1 N–H and O–H groups in total. The molecule has 6 rings (SSSR count). The monoisotopic (exact) mass is 578 g/mol. The number of hydrogen-bond donors (Lipinski definition) is 1. The van der Waals surface area contributed by atoms with Gasteiger partial charge in [0.25, 0.3) is 5.91 Å². The minimum absolute atomic E-state index is 0.0263. The zero-order valence-electron chi connectivity index (χ0n) is 22.5. The van der Waals surface area contributed by atoms with Crippen LogP contribution < -0.4 is 10.1 Å². The molecule has 1 fully saturated rings. The van der Waals surface area contributed by atoms with Crippen molar-refractivity contribution < 1.29 is 26.7 Å². The highest BCUT2D eigenvalue weighted by Crippen LogP contribution is 2.43. The van der Waals surface area contributed by atoms with Crippen LogP contribution in [-0.2, 0) is 16.4 Å². The van der Waals surface area contributed by atoms with Crippen LogP contribution in [0.5, 0.6) is 5.75 Å². The largest absolute Gasteiger partial charge is 0.489 e. The highest BCUT2D eigenvalue weighted by molar-refractivity contribution is 7.92. The Balaban J connectivity index is 1.24. The summed E-state index contributed by atoms with van der Waals surface area (Å²) in [6.07, 6.45) is 3.52. The van der Waals surface area contributed by atoms with E-state index < -0.39 is 44.1 Å². The van der Waals surface area contributed by atoms with Crippen LogP contribution in [0.4, 0.5) is 8.78 Å². The molecule has 4 aromatic rings. The number of amides is 1. The first kappa shape index (κ1) is 27.2. The number of pyridine rings is 3. The molecule has 3 aromatic heterocycles. The quantitative estimate of drug-likeness (QED) is 0.316. The van der Waals surface area contributed by atoms with Gasteiger partial charge in [-0.15, -0.1) is 0 Å². The standard InChI is InChI=1S/C30H28F2N4O4S/c1-16(2)21-6-8-24(36-28(21)17-3-4-17)23-7-5-18-14-33-20(13-25(18)35-23)15-34-30(37)19-11-22(31)29-26(12-19)41(38,39)27(32)9-10-40-29/h5-8,11-14,16-17,27H,3-4,9-10,15H2,1-2H3,(H,34,37)/t27-/m1/s1. The second-order valence-corrected chi connectivity index (χ2v) is 12.8. The maximum absolute atomic E-state index is 14.7. The first-order valence-electron chi connectivity index (χ1n) is 13.5. The molecule has 0 saturated heterocycles. The topological polar surface area (TPSA) is 111 Å². The van der Waals surface area contributed by atoms with Crippen LogP contribution in [0.3, 0.4) is 0 Å². The van der Waals surface area contributed by atoms with Crippen molar-refractivity contribution in [3.8, 4) is 17.1 Å². The number of hydrogen-bond acceptors (Lipinski definition) is 7. The third-order valence-electron chi connectivity index (χ3n) is 7.37. The third kappa shape index (κ3) is 5.26. The lowest BCUT2D eigenvalue weighted by Gasteiger charge is -2.13. The first-order valence-corrected chi connectivity index (χ1v) is 15.1. The normalized spacial score (nSPS) is 18.0. The molecule has 8 nitrogen and oxygen atoms in total. The van der Waals surface area contributed by atoms with Crippen LogP contribution in [0.15, 0.2) is 53.6 Å². The summed E-state index contributed by atoms with van der Waals surface area (Å²) in [5, 5.41) is 3.43. The molecule has 1 atom stereocenters. The van der Waals surface area contributed by atoms with E-state index in [0.717, 1.165) is 47.4 Å². The van der Waals surface area contributed by atoms with Crippen molar-refractivity contribution in [1.82, 2.24) is 20.3 Å². The molecule has 11 heteroatoms. The van der Waals surface area contributed by atoms with Crippen molar-refractivity contribution in [3.63, 3.8) is 0 Å². The molecule has 1 amide bonds. The van der Waals surface area contributed by atoms with Gasteiger partial charge in [0.05, 0.1) is 35.8 Å². The number of sulfone groups is 1. The van der Waals surface area contributed by atoms with Gasteiger partial charge in [-0.25, -0.2) is 22.2 Å². The summed E-state index contributed by atoms with van der Waals surface area (Å²) in [7, 11) is -4.50. The fraction of sp³-hybridized carbons (Fsp3) is 0.333. The number of nitrogens with one attached hydrogen (secondary N) is 1. The zero-order valence-corrected chi connectivity index (χ0v) is 23.3. The Morgan fingerprint density at radius 2 is 1.83 bits per heavy atom. The summed E-state index contributed by atoms with van der Waals surface area (Å²) < 4.78 is 59.0. The Morgan fingerprint density at radius 1 is 1.07 bits per heavy atom. The van der Waals surface area contributed by atoms with E-state index in [1.165, 1.54) is 5.56 Å². The van der Waals surface area contributed by atoms with E-state index in [2.05, 4.69) is 30.2 Å². The minimum atomic E-state index is -4.50. The summed E-state index contributed by atoms with van der Waals surface area (Å²) in [6.45, 7) is 4.02. The Kier molecular flexibility index (Phi) is 6.93. The second-order valence-electron chi connectivity index (χ2n) is 10.7. The number of halogens is 2. The molecule has 212 valence electrons. The summed E-state index contributed by atoms with van der Waals surface area (Å²) in [5.41, 5.74) is 2.58. The lowest BCUT2D eigenvalue weighted by molar-refractivity contribution is 0.0949. The van der Waals surface area contributed by atoms with Gasteiger partial charge in [0.15, 0.2) is 11.6 Å². The van der Waals surface area contributed by atoms with E-state index in [4.69, 9.17) is 14.7 Å². The highest BCUT2D eigenvalue weighted by Gasteiger charge is 2.35. The maximum Gasteiger partial charge on any atom is 0.251 e. The Morgan fingerprint density at radius 3 is 2.59 bits per heavy atom. The maximum atomic E-state index is 14.7. The van der Waals surface area contributed by atoms with Gasteiger partial charge in [0.1, 0.15) is 4.90 Å². The van der Waals surface area contributed by atoms with Crippen LogP contribution in [0.2, 0.25) is 0 Å². The summed E-state index contributed by atoms with van der Waals surface area (Å²) >= 11 is 0. The van der Waals surface area contributed by atoms with Gasteiger partial charge in [-0.1, -0.05) is 19.9 Å². The number of fused-ring (bicyclic) bond motifs is 2. The number of alkyl halides is 1. The van der Waals surface area contributed by atoms with E-state index in [-0.39, 0.29) is 18.7 Å². The van der Waals surface area contributed by atoms with Crippen LogP contribution >= 0.6 is 0 Å². The van der Waals surface area contributed by atoms with Gasteiger partial charge in [-0.2, -0.15) is 0 Å². The Hall–Kier alpha value is -3.99. The molecule has 1 aliphatic heterocycles. The molecule has 0 unspecified atom stereocenters. The molecule has 1 saturated carbocycles. The van der Waals surface area contributed by atoms with Crippen molar-refractivity contribution in [2.24, 2.45) is 0 Å². The van der Waals surface area contributed by atoms with E-state index in [1.807, 2.05) is 18.2 Å². The smallest absolute Gasteiger partial charge is 0.251 e. The van der Waals surface area contributed by atoms with Crippen molar-refractivity contribution in [2.45, 2.75) is 61.9 Å². The fourth-order valence-electron chi connectivity index (χ4n) is 4.97. The number of benzene rings is 1. The number of ether oxygens (including phenoxy) is 1. The summed E-state index contributed by atoms with van der Waals surface area (Å²) in [6, 6.07) is 11.5. The zero-order chi connectivity index (χ0) is 28.9. The highest BCUT2D eigenvalue weighted by atomic mass is 32.2. The molecule has 1 aromatic carbocycles. The Labute approximate surface area is 236 Å². The molecule has 41 heavy (non-hydrogen) atoms. The average molecular weight is 579 g/mol.